The van der Waals surface area contributed by atoms with Crippen LogP contribution in [0.3, 0.4) is 0 Å². The molecule has 0 aliphatic carbocycles. The molecule has 1 heterocycles. The van der Waals surface area contributed by atoms with Gasteiger partial charge in [0.25, 0.3) is 5.91 Å². The minimum atomic E-state index is -0.712. The third-order valence-corrected chi connectivity index (χ3v) is 4.79. The van der Waals surface area contributed by atoms with Gasteiger partial charge >= 0.3 is 5.97 Å². The Morgan fingerprint density at radius 1 is 1.19 bits per heavy atom. The zero-order valence-electron chi connectivity index (χ0n) is 16.1. The molecule has 0 saturated heterocycles. The second-order valence-corrected chi connectivity index (χ2v) is 6.75. The zero-order chi connectivity index (χ0) is 20.3. The van der Waals surface area contributed by atoms with Crippen molar-refractivity contribution in [1.29, 1.82) is 0 Å². The Morgan fingerprint density at radius 2 is 1.78 bits per heavy atom. The Balaban J connectivity index is 2.27. The van der Waals surface area contributed by atoms with Crippen LogP contribution in [0.4, 0.5) is 0 Å². The lowest BCUT2D eigenvalue weighted by Gasteiger charge is -2.24. The fraction of sp³-hybridized carbons (Fsp3) is 0.350. The summed E-state index contributed by atoms with van der Waals surface area (Å²) in [6, 6.07) is 5.77. The van der Waals surface area contributed by atoms with Crippen LogP contribution in [-0.2, 0) is 4.74 Å². The second kappa shape index (κ2) is 8.39. The third kappa shape index (κ3) is 4.22. The molecule has 2 rings (SSSR count). The van der Waals surface area contributed by atoms with Crippen molar-refractivity contribution in [3.8, 4) is 0 Å². The molecule has 0 aliphatic heterocycles. The number of aromatic nitrogens is 1. The minimum Gasteiger partial charge on any atom is -0.461 e. The number of likely N-dealkylation sites (N-methyl/N-ethyl adjacent to an activating group) is 1. The zero-order valence-corrected chi connectivity index (χ0v) is 16.8. The molecule has 1 amide bonds. The van der Waals surface area contributed by atoms with E-state index in [2.05, 4.69) is 4.98 Å². The summed E-state index contributed by atoms with van der Waals surface area (Å²) in [4.78, 5) is 42.0. The molecule has 1 aromatic carbocycles. The van der Waals surface area contributed by atoms with Gasteiger partial charge in [0.2, 0.25) is 0 Å². The van der Waals surface area contributed by atoms with Crippen molar-refractivity contribution in [2.24, 2.45) is 0 Å². The lowest BCUT2D eigenvalue weighted by Crippen LogP contribution is -2.40. The monoisotopic (exact) mass is 390 g/mol. The average Bonchev–Trinajstić information content (AvgIpc) is 2.94. The fourth-order valence-electron chi connectivity index (χ4n) is 2.88. The maximum absolute atomic E-state index is 13.0. The van der Waals surface area contributed by atoms with Gasteiger partial charge in [-0.2, -0.15) is 0 Å². The fourth-order valence-corrected chi connectivity index (χ4v) is 3.01. The van der Waals surface area contributed by atoms with Gasteiger partial charge in [-0.25, -0.2) is 4.79 Å². The number of esters is 1. The highest BCUT2D eigenvalue weighted by Crippen LogP contribution is 2.22. The van der Waals surface area contributed by atoms with Gasteiger partial charge < -0.3 is 14.6 Å². The van der Waals surface area contributed by atoms with E-state index in [9.17, 15) is 14.4 Å². The van der Waals surface area contributed by atoms with E-state index in [0.717, 1.165) is 0 Å². The molecule has 6 nitrogen and oxygen atoms in total. The van der Waals surface area contributed by atoms with E-state index in [0.29, 0.717) is 27.4 Å². The van der Waals surface area contributed by atoms with E-state index in [1.54, 1.807) is 59.0 Å². The number of hydrogen-bond acceptors (Lipinski definition) is 4. The summed E-state index contributed by atoms with van der Waals surface area (Å²) in [7, 11) is 1.57. The maximum atomic E-state index is 13.0. The number of rotatable bonds is 6. The Bertz CT molecular complexity index is 871. The van der Waals surface area contributed by atoms with Crippen molar-refractivity contribution in [3.63, 3.8) is 0 Å². The van der Waals surface area contributed by atoms with Crippen molar-refractivity contribution in [1.82, 2.24) is 9.88 Å². The van der Waals surface area contributed by atoms with Gasteiger partial charge in [-0.1, -0.05) is 11.6 Å². The van der Waals surface area contributed by atoms with E-state index >= 15 is 0 Å². The van der Waals surface area contributed by atoms with Crippen LogP contribution < -0.4 is 0 Å². The number of nitrogens with zero attached hydrogens (tertiary/aromatic N) is 1. The summed E-state index contributed by atoms with van der Waals surface area (Å²) in [6.07, 6.45) is 0. The van der Waals surface area contributed by atoms with Crippen LogP contribution in [0.2, 0.25) is 5.02 Å². The molecule has 0 saturated carbocycles. The van der Waals surface area contributed by atoms with Gasteiger partial charge in [0.15, 0.2) is 5.78 Å². The molecule has 7 heteroatoms. The topological polar surface area (TPSA) is 79.5 Å². The average molecular weight is 391 g/mol. The summed E-state index contributed by atoms with van der Waals surface area (Å²) in [5.74, 6) is -1.04. The molecule has 1 N–H and O–H groups in total. The number of ether oxygens (including phenoxy) is 1. The highest BCUT2D eigenvalue weighted by molar-refractivity contribution is 6.30. The number of aromatic amines is 1. The molecule has 0 spiro atoms. The summed E-state index contributed by atoms with van der Waals surface area (Å²) < 4.78 is 5.01. The van der Waals surface area contributed by atoms with Gasteiger partial charge in [0, 0.05) is 28.9 Å². The first-order valence-electron chi connectivity index (χ1n) is 8.62. The number of carbonyl (C=O) groups is 3. The quantitative estimate of drug-likeness (QED) is 0.601. The Hall–Kier alpha value is -2.60. The molecule has 0 fully saturated rings. The second-order valence-electron chi connectivity index (χ2n) is 6.31. The highest BCUT2D eigenvalue weighted by atomic mass is 35.5. The first kappa shape index (κ1) is 20.7. The summed E-state index contributed by atoms with van der Waals surface area (Å²) in [6.45, 7) is 7.03. The van der Waals surface area contributed by atoms with Crippen molar-refractivity contribution >= 4 is 29.3 Å². The van der Waals surface area contributed by atoms with Gasteiger partial charge in [0.1, 0.15) is 5.69 Å². The molecule has 0 radical (unpaired) electrons. The summed E-state index contributed by atoms with van der Waals surface area (Å²) in [5, 5.41) is 0.531. The predicted octanol–water partition coefficient (Wildman–Crippen LogP) is 3.81. The van der Waals surface area contributed by atoms with Crippen molar-refractivity contribution in [2.45, 2.75) is 33.7 Å². The number of Topliss-reactive ketones (excluding diaryl/α,β-unsaturated/α-hetero) is 1. The van der Waals surface area contributed by atoms with Crippen LogP contribution in [0.15, 0.2) is 24.3 Å². The summed E-state index contributed by atoms with van der Waals surface area (Å²) in [5.41, 5.74) is 2.20. The van der Waals surface area contributed by atoms with Crippen LogP contribution in [0.25, 0.3) is 0 Å². The number of carbonyl (C=O) groups excluding carboxylic acids is 3. The minimum absolute atomic E-state index is 0.244. The van der Waals surface area contributed by atoms with E-state index < -0.39 is 12.0 Å². The van der Waals surface area contributed by atoms with Gasteiger partial charge in [-0.15, -0.1) is 0 Å². The maximum Gasteiger partial charge on any atom is 0.355 e. The molecule has 1 atom stereocenters. The van der Waals surface area contributed by atoms with Crippen molar-refractivity contribution in [2.75, 3.05) is 13.7 Å². The van der Waals surface area contributed by atoms with Crippen molar-refractivity contribution < 1.29 is 19.1 Å². The molecule has 144 valence electrons. The number of hydrogen-bond donors (Lipinski definition) is 1. The van der Waals surface area contributed by atoms with E-state index in [1.807, 2.05) is 0 Å². The molecular weight excluding hydrogens is 368 g/mol. The van der Waals surface area contributed by atoms with E-state index in [4.69, 9.17) is 16.3 Å². The Morgan fingerprint density at radius 3 is 2.33 bits per heavy atom. The lowest BCUT2D eigenvalue weighted by molar-refractivity contribution is 0.0519. The largest absolute Gasteiger partial charge is 0.461 e. The number of aryl methyl sites for hydroxylation is 1. The van der Waals surface area contributed by atoms with Gasteiger partial charge in [-0.3, -0.25) is 9.59 Å². The SMILES string of the molecule is CCOC(=O)c1[nH]c(C)c(C(=O)[C@H](C)N(C)C(=O)c2ccc(Cl)cc2)c1C. The van der Waals surface area contributed by atoms with E-state index in [-0.39, 0.29) is 24.0 Å². The lowest BCUT2D eigenvalue weighted by atomic mass is 9.99. The number of ketones is 1. The summed E-state index contributed by atoms with van der Waals surface area (Å²) >= 11 is 5.85. The number of amides is 1. The first-order valence-corrected chi connectivity index (χ1v) is 9.00. The van der Waals surface area contributed by atoms with Crippen LogP contribution >= 0.6 is 11.6 Å². The standard InChI is InChI=1S/C20H23ClN2O4/c1-6-27-20(26)17-11(2)16(12(3)22-17)18(24)13(4)23(5)19(25)14-7-9-15(21)10-8-14/h7-10,13,22H,6H2,1-5H3/t13-/m0/s1. The molecule has 1 aromatic heterocycles. The normalized spacial score (nSPS) is 11.8. The Labute approximate surface area is 163 Å². The van der Waals surface area contributed by atoms with Crippen LogP contribution in [0.1, 0.15) is 56.3 Å². The Kier molecular flexibility index (Phi) is 6.44. The van der Waals surface area contributed by atoms with Crippen LogP contribution in [0, 0.1) is 13.8 Å². The van der Waals surface area contributed by atoms with Gasteiger partial charge in [-0.05, 0) is 57.5 Å². The molecule has 27 heavy (non-hydrogen) atoms. The number of halogens is 1. The van der Waals surface area contributed by atoms with Crippen LogP contribution in [-0.4, -0.2) is 47.2 Å². The molecule has 0 unspecified atom stereocenters. The molecular formula is C20H23ClN2O4. The predicted molar refractivity (Wildman–Crippen MR) is 104 cm³/mol. The molecule has 0 aliphatic rings. The number of benzene rings is 1. The number of nitrogens with one attached hydrogen (secondary N) is 1. The van der Waals surface area contributed by atoms with Crippen molar-refractivity contribution in [3.05, 3.63) is 57.4 Å². The molecule has 2 aromatic rings. The van der Waals surface area contributed by atoms with Crippen LogP contribution in [0.5, 0.6) is 0 Å². The number of H-pyrrole nitrogens is 1. The highest BCUT2D eigenvalue weighted by Gasteiger charge is 2.29. The van der Waals surface area contributed by atoms with E-state index in [1.165, 1.54) is 4.90 Å². The smallest absolute Gasteiger partial charge is 0.355 e. The molecule has 0 bridgehead atoms. The van der Waals surface area contributed by atoms with Gasteiger partial charge in [0.05, 0.1) is 12.6 Å². The third-order valence-electron chi connectivity index (χ3n) is 4.54. The first-order chi connectivity index (χ1) is 12.7.